The molecule has 2 aromatic carbocycles. The standard InChI is InChI=1S/C27H29N3O2/c1-27(2,3)26(32)29(20-15-16-20)18-24(31)30-22-13-8-7-12-21(22)28-17-9-14-23(28)25(30)19-10-5-4-6-11-19/h4-14,17,20,25H,15-16,18H2,1-3H3. The number of carbonyl (C=O) groups excluding carboxylic acids is 2. The van der Waals surface area contributed by atoms with Gasteiger partial charge in [-0.05, 0) is 42.7 Å². The number of carbonyl (C=O) groups is 2. The van der Waals surface area contributed by atoms with Crippen molar-refractivity contribution in [3.05, 3.63) is 84.2 Å². The predicted molar refractivity (Wildman–Crippen MR) is 126 cm³/mol. The predicted octanol–water partition coefficient (Wildman–Crippen LogP) is 4.95. The number of benzene rings is 2. The molecule has 1 atom stereocenters. The summed E-state index contributed by atoms with van der Waals surface area (Å²) in [4.78, 5) is 30.8. The molecule has 1 unspecified atom stereocenters. The zero-order valence-corrected chi connectivity index (χ0v) is 18.9. The first-order valence-electron chi connectivity index (χ1n) is 11.3. The molecule has 0 spiro atoms. The van der Waals surface area contributed by atoms with Crippen LogP contribution >= 0.6 is 0 Å². The molecule has 2 aliphatic rings. The van der Waals surface area contributed by atoms with E-state index in [0.717, 1.165) is 35.5 Å². The zero-order chi connectivity index (χ0) is 22.5. The van der Waals surface area contributed by atoms with Crippen molar-refractivity contribution in [1.82, 2.24) is 9.47 Å². The fraction of sp³-hybridized carbons (Fsp3) is 0.333. The Morgan fingerprint density at radius 1 is 0.906 bits per heavy atom. The first-order chi connectivity index (χ1) is 15.4. The highest BCUT2D eigenvalue weighted by atomic mass is 16.2. The molecule has 0 saturated heterocycles. The van der Waals surface area contributed by atoms with Gasteiger partial charge in [0.25, 0.3) is 0 Å². The van der Waals surface area contributed by atoms with E-state index in [4.69, 9.17) is 0 Å². The van der Waals surface area contributed by atoms with E-state index in [-0.39, 0.29) is 30.4 Å². The molecular formula is C27H29N3O2. The van der Waals surface area contributed by atoms with Crippen molar-refractivity contribution in [2.24, 2.45) is 5.41 Å². The lowest BCUT2D eigenvalue weighted by Gasteiger charge is -2.40. The lowest BCUT2D eigenvalue weighted by Crippen LogP contribution is -2.49. The molecule has 1 fully saturated rings. The van der Waals surface area contributed by atoms with Crippen molar-refractivity contribution >= 4 is 17.5 Å². The van der Waals surface area contributed by atoms with Crippen LogP contribution in [0.1, 0.15) is 50.9 Å². The third kappa shape index (κ3) is 3.52. The summed E-state index contributed by atoms with van der Waals surface area (Å²) in [5.74, 6) is -0.0125. The monoisotopic (exact) mass is 427 g/mol. The van der Waals surface area contributed by atoms with Crippen LogP contribution in [0.3, 0.4) is 0 Å². The second kappa shape index (κ2) is 7.66. The van der Waals surface area contributed by atoms with Crippen molar-refractivity contribution in [2.75, 3.05) is 11.4 Å². The smallest absolute Gasteiger partial charge is 0.247 e. The molecule has 3 aromatic rings. The molecular weight excluding hydrogens is 398 g/mol. The quantitative estimate of drug-likeness (QED) is 0.591. The summed E-state index contributed by atoms with van der Waals surface area (Å²) in [5.41, 5.74) is 3.43. The molecule has 0 bridgehead atoms. The van der Waals surface area contributed by atoms with Gasteiger partial charge >= 0.3 is 0 Å². The fourth-order valence-electron chi connectivity index (χ4n) is 4.62. The number of amides is 2. The highest BCUT2D eigenvalue weighted by molar-refractivity contribution is 6.00. The average Bonchev–Trinajstić information content (AvgIpc) is 3.51. The van der Waals surface area contributed by atoms with Crippen molar-refractivity contribution in [1.29, 1.82) is 0 Å². The van der Waals surface area contributed by atoms with Crippen LogP contribution < -0.4 is 4.90 Å². The first-order valence-corrected chi connectivity index (χ1v) is 11.3. The Morgan fingerprint density at radius 3 is 2.22 bits per heavy atom. The van der Waals surface area contributed by atoms with E-state index >= 15 is 0 Å². The highest BCUT2D eigenvalue weighted by Crippen LogP contribution is 2.42. The van der Waals surface area contributed by atoms with E-state index in [1.165, 1.54) is 0 Å². The number of nitrogens with zero attached hydrogens (tertiary/aromatic N) is 3. The molecule has 5 rings (SSSR count). The van der Waals surface area contributed by atoms with Crippen molar-refractivity contribution in [2.45, 2.75) is 45.7 Å². The van der Waals surface area contributed by atoms with Crippen LogP contribution in [0.4, 0.5) is 5.69 Å². The van der Waals surface area contributed by atoms with E-state index in [1.807, 2.05) is 80.4 Å². The lowest BCUT2D eigenvalue weighted by atomic mass is 9.94. The van der Waals surface area contributed by atoms with Gasteiger partial charge in [-0.25, -0.2) is 0 Å². The maximum Gasteiger partial charge on any atom is 0.247 e. The summed E-state index contributed by atoms with van der Waals surface area (Å²) in [7, 11) is 0. The van der Waals surface area contributed by atoms with Gasteiger partial charge in [0.15, 0.2) is 0 Å². The molecule has 1 aromatic heterocycles. The second-order valence-corrected chi connectivity index (χ2v) is 9.78. The molecule has 2 amide bonds. The minimum absolute atomic E-state index is 0.0401. The number of aromatic nitrogens is 1. The maximum absolute atomic E-state index is 14.0. The van der Waals surface area contributed by atoms with Gasteiger partial charge in [-0.1, -0.05) is 63.2 Å². The van der Waals surface area contributed by atoms with E-state index in [2.05, 4.69) is 22.8 Å². The number of fused-ring (bicyclic) bond motifs is 3. The van der Waals surface area contributed by atoms with Crippen LogP contribution in [0.5, 0.6) is 0 Å². The van der Waals surface area contributed by atoms with Crippen molar-refractivity contribution < 1.29 is 9.59 Å². The maximum atomic E-state index is 14.0. The van der Waals surface area contributed by atoms with Crippen LogP contribution in [-0.4, -0.2) is 33.9 Å². The summed E-state index contributed by atoms with van der Waals surface area (Å²) in [6.45, 7) is 5.86. The molecule has 32 heavy (non-hydrogen) atoms. The SMILES string of the molecule is CC(C)(C)C(=O)N(CC(=O)N1c2ccccc2-n2cccc2C1c1ccccc1)C1CC1. The Morgan fingerprint density at radius 2 is 1.56 bits per heavy atom. The van der Waals surface area contributed by atoms with Crippen LogP contribution in [0, 0.1) is 5.41 Å². The molecule has 1 aliphatic heterocycles. The highest BCUT2D eigenvalue weighted by Gasteiger charge is 2.42. The second-order valence-electron chi connectivity index (χ2n) is 9.78. The van der Waals surface area contributed by atoms with Crippen LogP contribution in [0.15, 0.2) is 72.9 Å². The summed E-state index contributed by atoms with van der Waals surface area (Å²) in [6.07, 6.45) is 3.98. The van der Waals surface area contributed by atoms with Gasteiger partial charge in [0.2, 0.25) is 11.8 Å². The zero-order valence-electron chi connectivity index (χ0n) is 18.9. The normalized spacial score (nSPS) is 17.5. The average molecular weight is 428 g/mol. The Bertz CT molecular complexity index is 1150. The molecule has 1 saturated carbocycles. The van der Waals surface area contributed by atoms with Crippen molar-refractivity contribution in [3.63, 3.8) is 0 Å². The molecule has 0 radical (unpaired) electrons. The minimum Gasteiger partial charge on any atom is -0.330 e. The van der Waals surface area contributed by atoms with Gasteiger partial charge in [0, 0.05) is 17.7 Å². The van der Waals surface area contributed by atoms with E-state index in [0.29, 0.717) is 0 Å². The summed E-state index contributed by atoms with van der Waals surface area (Å²) in [5, 5.41) is 0. The van der Waals surface area contributed by atoms with Gasteiger partial charge < -0.3 is 9.47 Å². The third-order valence-electron chi connectivity index (χ3n) is 6.30. The number of rotatable bonds is 4. The molecule has 164 valence electrons. The number of para-hydroxylation sites is 2. The lowest BCUT2D eigenvalue weighted by molar-refractivity contribution is -0.142. The number of hydrogen-bond donors (Lipinski definition) is 0. The van der Waals surface area contributed by atoms with Crippen LogP contribution in [-0.2, 0) is 9.59 Å². The van der Waals surface area contributed by atoms with Gasteiger partial charge in [-0.2, -0.15) is 0 Å². The van der Waals surface area contributed by atoms with E-state index in [1.54, 1.807) is 4.90 Å². The molecule has 5 nitrogen and oxygen atoms in total. The van der Waals surface area contributed by atoms with E-state index < -0.39 is 5.41 Å². The van der Waals surface area contributed by atoms with Gasteiger partial charge in [-0.15, -0.1) is 0 Å². The van der Waals surface area contributed by atoms with Crippen molar-refractivity contribution in [3.8, 4) is 5.69 Å². The first kappa shape index (κ1) is 20.6. The van der Waals surface area contributed by atoms with Crippen LogP contribution in [0.2, 0.25) is 0 Å². The van der Waals surface area contributed by atoms with Gasteiger partial charge in [0.05, 0.1) is 17.1 Å². The molecule has 1 aliphatic carbocycles. The fourth-order valence-corrected chi connectivity index (χ4v) is 4.62. The van der Waals surface area contributed by atoms with Gasteiger partial charge in [0.1, 0.15) is 12.6 Å². The Balaban J connectivity index is 1.59. The Labute approximate surface area is 189 Å². The largest absolute Gasteiger partial charge is 0.330 e. The Kier molecular flexibility index (Phi) is 4.92. The number of anilines is 1. The molecule has 0 N–H and O–H groups in total. The third-order valence-corrected chi connectivity index (χ3v) is 6.30. The summed E-state index contributed by atoms with van der Waals surface area (Å²) < 4.78 is 2.16. The summed E-state index contributed by atoms with van der Waals surface area (Å²) >= 11 is 0. The number of hydrogen-bond acceptors (Lipinski definition) is 2. The molecule has 5 heteroatoms. The Hall–Kier alpha value is -3.34. The minimum atomic E-state index is -0.518. The topological polar surface area (TPSA) is 45.6 Å². The summed E-state index contributed by atoms with van der Waals surface area (Å²) in [6, 6.07) is 22.1. The molecule has 2 heterocycles. The van der Waals surface area contributed by atoms with E-state index in [9.17, 15) is 9.59 Å². The van der Waals surface area contributed by atoms with Crippen LogP contribution in [0.25, 0.3) is 5.69 Å². The van der Waals surface area contributed by atoms with Gasteiger partial charge in [-0.3, -0.25) is 14.5 Å².